The number of nitrogens with zero attached hydrogens (tertiary/aromatic N) is 1. The zero-order valence-corrected chi connectivity index (χ0v) is 16.0. The Bertz CT molecular complexity index is 855. The lowest BCUT2D eigenvalue weighted by molar-refractivity contribution is -0.142. The van der Waals surface area contributed by atoms with E-state index in [-0.39, 0.29) is 17.6 Å². The third kappa shape index (κ3) is 3.93. The molecule has 148 valence electrons. The van der Waals surface area contributed by atoms with Gasteiger partial charge in [-0.3, -0.25) is 14.4 Å². The lowest BCUT2D eigenvalue weighted by Crippen LogP contribution is -2.49. The van der Waals surface area contributed by atoms with Gasteiger partial charge < -0.3 is 19.7 Å². The number of likely N-dealkylation sites (tertiary alicyclic amines) is 1. The molecule has 0 spiro atoms. The number of aliphatic carboxylic acids is 1. The number of nitrogens with one attached hydrogen (secondary N) is 1. The highest BCUT2D eigenvalue weighted by molar-refractivity contribution is 6.00. The SMILES string of the molecule is CC(C)(C(=O)O)c1ccc(NC(=O)C2CCCCN2C(=O)c2ccco2)cc1. The lowest BCUT2D eigenvalue weighted by Gasteiger charge is -2.34. The molecular formula is C21H24N2O5. The third-order valence-corrected chi connectivity index (χ3v) is 5.21. The average molecular weight is 384 g/mol. The second-order valence-electron chi connectivity index (χ2n) is 7.48. The van der Waals surface area contributed by atoms with E-state index in [0.717, 1.165) is 12.8 Å². The predicted octanol–water partition coefficient (Wildman–Crippen LogP) is 3.28. The van der Waals surface area contributed by atoms with Gasteiger partial charge in [-0.15, -0.1) is 0 Å². The Hall–Kier alpha value is -3.09. The number of carboxylic acids is 1. The Morgan fingerprint density at radius 2 is 1.86 bits per heavy atom. The van der Waals surface area contributed by atoms with Gasteiger partial charge in [0, 0.05) is 12.2 Å². The quantitative estimate of drug-likeness (QED) is 0.824. The molecule has 0 radical (unpaired) electrons. The molecular weight excluding hydrogens is 360 g/mol. The van der Waals surface area contributed by atoms with Crippen molar-refractivity contribution in [1.29, 1.82) is 0 Å². The first-order chi connectivity index (χ1) is 13.3. The van der Waals surface area contributed by atoms with Crippen molar-refractivity contribution in [2.75, 3.05) is 11.9 Å². The van der Waals surface area contributed by atoms with Crippen molar-refractivity contribution in [2.24, 2.45) is 0 Å². The number of benzene rings is 1. The van der Waals surface area contributed by atoms with Crippen molar-refractivity contribution in [3.63, 3.8) is 0 Å². The first-order valence-corrected chi connectivity index (χ1v) is 9.30. The summed E-state index contributed by atoms with van der Waals surface area (Å²) in [5.41, 5.74) is 0.189. The smallest absolute Gasteiger partial charge is 0.313 e. The van der Waals surface area contributed by atoms with Gasteiger partial charge in [0.05, 0.1) is 11.7 Å². The maximum Gasteiger partial charge on any atom is 0.313 e. The molecule has 1 unspecified atom stereocenters. The van der Waals surface area contributed by atoms with Crippen LogP contribution in [-0.4, -0.2) is 40.4 Å². The zero-order valence-electron chi connectivity index (χ0n) is 16.0. The molecule has 1 aliphatic rings. The van der Waals surface area contributed by atoms with E-state index >= 15 is 0 Å². The van der Waals surface area contributed by atoms with Crippen LogP contribution in [0, 0.1) is 0 Å². The molecule has 1 aromatic carbocycles. The first kappa shape index (κ1) is 19.7. The highest BCUT2D eigenvalue weighted by Gasteiger charge is 2.34. The number of amides is 2. The fourth-order valence-electron chi connectivity index (χ4n) is 3.31. The molecule has 1 aliphatic heterocycles. The van der Waals surface area contributed by atoms with Crippen molar-refractivity contribution in [3.05, 3.63) is 54.0 Å². The van der Waals surface area contributed by atoms with Crippen LogP contribution in [0.25, 0.3) is 0 Å². The van der Waals surface area contributed by atoms with Crippen LogP contribution in [-0.2, 0) is 15.0 Å². The van der Waals surface area contributed by atoms with Crippen LogP contribution in [0.15, 0.2) is 47.1 Å². The van der Waals surface area contributed by atoms with Crippen LogP contribution in [0.1, 0.15) is 49.2 Å². The van der Waals surface area contributed by atoms with Crippen molar-refractivity contribution in [3.8, 4) is 0 Å². The number of hydrogen-bond donors (Lipinski definition) is 2. The van der Waals surface area contributed by atoms with E-state index in [1.54, 1.807) is 55.1 Å². The van der Waals surface area contributed by atoms with Gasteiger partial charge in [0.25, 0.3) is 5.91 Å². The number of carbonyl (C=O) groups excluding carboxylic acids is 2. The summed E-state index contributed by atoms with van der Waals surface area (Å²) in [5.74, 6) is -1.24. The summed E-state index contributed by atoms with van der Waals surface area (Å²) in [4.78, 5) is 38.4. The zero-order chi connectivity index (χ0) is 20.3. The van der Waals surface area contributed by atoms with Crippen molar-refractivity contribution in [2.45, 2.75) is 44.6 Å². The van der Waals surface area contributed by atoms with Crippen LogP contribution in [0.2, 0.25) is 0 Å². The summed E-state index contributed by atoms with van der Waals surface area (Å²) in [6, 6.07) is 9.41. The Kier molecular flexibility index (Phi) is 5.53. The average Bonchev–Trinajstić information content (AvgIpc) is 3.22. The van der Waals surface area contributed by atoms with Gasteiger partial charge in [0.2, 0.25) is 5.91 Å². The number of piperidine rings is 1. The highest BCUT2D eigenvalue weighted by atomic mass is 16.4. The Labute approximate surface area is 163 Å². The number of hydrogen-bond acceptors (Lipinski definition) is 4. The lowest BCUT2D eigenvalue weighted by atomic mass is 9.85. The van der Waals surface area contributed by atoms with E-state index in [2.05, 4.69) is 5.32 Å². The standard InChI is InChI=1S/C21H24N2O5/c1-21(2,20(26)27)14-8-10-15(11-9-14)22-18(24)16-6-3-4-12-23(16)19(25)17-7-5-13-28-17/h5,7-11,13,16H,3-4,6,12H2,1-2H3,(H,22,24)(H,26,27). The number of anilines is 1. The Morgan fingerprint density at radius 1 is 1.14 bits per heavy atom. The van der Waals surface area contributed by atoms with Crippen LogP contribution in [0.4, 0.5) is 5.69 Å². The number of rotatable bonds is 5. The molecule has 2 heterocycles. The molecule has 2 amide bonds. The van der Waals surface area contributed by atoms with Crippen molar-refractivity contribution >= 4 is 23.5 Å². The van der Waals surface area contributed by atoms with Crippen molar-refractivity contribution < 1.29 is 23.9 Å². The highest BCUT2D eigenvalue weighted by Crippen LogP contribution is 2.26. The van der Waals surface area contributed by atoms with Gasteiger partial charge in [0.15, 0.2) is 5.76 Å². The van der Waals surface area contributed by atoms with Gasteiger partial charge in [-0.2, -0.15) is 0 Å². The van der Waals surface area contributed by atoms with Gasteiger partial charge in [-0.25, -0.2) is 0 Å². The minimum atomic E-state index is -1.02. The molecule has 1 aromatic heterocycles. The van der Waals surface area contributed by atoms with Crippen LogP contribution >= 0.6 is 0 Å². The van der Waals surface area contributed by atoms with Crippen LogP contribution in [0.5, 0.6) is 0 Å². The summed E-state index contributed by atoms with van der Waals surface area (Å²) in [6.45, 7) is 3.76. The van der Waals surface area contributed by atoms with E-state index < -0.39 is 17.4 Å². The summed E-state index contributed by atoms with van der Waals surface area (Å²) in [6.07, 6.45) is 3.73. The predicted molar refractivity (Wildman–Crippen MR) is 103 cm³/mol. The summed E-state index contributed by atoms with van der Waals surface area (Å²) >= 11 is 0. The molecule has 0 bridgehead atoms. The van der Waals surface area contributed by atoms with Crippen LogP contribution in [0.3, 0.4) is 0 Å². The monoisotopic (exact) mass is 384 g/mol. The van der Waals surface area contributed by atoms with E-state index in [1.807, 2.05) is 0 Å². The van der Waals surface area contributed by atoms with Crippen LogP contribution < -0.4 is 5.32 Å². The van der Waals surface area contributed by atoms with Crippen molar-refractivity contribution in [1.82, 2.24) is 4.90 Å². The number of carbonyl (C=O) groups is 3. The van der Waals surface area contributed by atoms with E-state index in [0.29, 0.717) is 24.2 Å². The van der Waals surface area contributed by atoms with E-state index in [9.17, 15) is 19.5 Å². The molecule has 7 heteroatoms. The molecule has 7 nitrogen and oxygen atoms in total. The molecule has 28 heavy (non-hydrogen) atoms. The van der Waals surface area contributed by atoms with Gasteiger partial charge in [-0.1, -0.05) is 12.1 Å². The maximum atomic E-state index is 12.8. The normalized spacial score (nSPS) is 17.2. The topological polar surface area (TPSA) is 99.9 Å². The molecule has 1 saturated heterocycles. The van der Waals surface area contributed by atoms with E-state index in [1.165, 1.54) is 6.26 Å². The number of furan rings is 1. The summed E-state index contributed by atoms with van der Waals surface area (Å²) in [7, 11) is 0. The largest absolute Gasteiger partial charge is 0.481 e. The molecule has 0 saturated carbocycles. The Balaban J connectivity index is 1.72. The molecule has 1 atom stereocenters. The molecule has 1 fully saturated rings. The summed E-state index contributed by atoms with van der Waals surface area (Å²) < 4.78 is 5.19. The van der Waals surface area contributed by atoms with E-state index in [4.69, 9.17) is 4.42 Å². The van der Waals surface area contributed by atoms with Gasteiger partial charge in [-0.05, 0) is 62.9 Å². The Morgan fingerprint density at radius 3 is 2.46 bits per heavy atom. The third-order valence-electron chi connectivity index (χ3n) is 5.21. The second kappa shape index (κ2) is 7.88. The first-order valence-electron chi connectivity index (χ1n) is 9.30. The fourth-order valence-corrected chi connectivity index (χ4v) is 3.31. The fraction of sp³-hybridized carbons (Fsp3) is 0.381. The maximum absolute atomic E-state index is 12.8. The molecule has 3 rings (SSSR count). The minimum absolute atomic E-state index is 0.222. The molecule has 0 aliphatic carbocycles. The molecule has 2 aromatic rings. The van der Waals surface area contributed by atoms with Gasteiger partial charge >= 0.3 is 5.97 Å². The minimum Gasteiger partial charge on any atom is -0.481 e. The second-order valence-corrected chi connectivity index (χ2v) is 7.48. The van der Waals surface area contributed by atoms with Gasteiger partial charge in [0.1, 0.15) is 6.04 Å². The molecule has 2 N–H and O–H groups in total. The number of carboxylic acid groups (broad SMARTS) is 1. The summed E-state index contributed by atoms with van der Waals surface area (Å²) in [5, 5.41) is 12.2.